The Kier molecular flexibility index (Phi) is 6.91. The number of nitrogens with two attached hydrogens (primary N) is 1. The number of nitrogens with zero attached hydrogens (tertiary/aromatic N) is 1. The molecule has 1 saturated heterocycles. The number of carbonyl (C=O) groups excluding carboxylic acids is 1. The van der Waals surface area contributed by atoms with E-state index < -0.39 is 0 Å². The smallest absolute Gasteiger partial charge is 0.245 e. The molecule has 2 heterocycles. The third kappa shape index (κ3) is 5.02. The van der Waals surface area contributed by atoms with Crippen molar-refractivity contribution < 1.29 is 4.79 Å². The van der Waals surface area contributed by atoms with Crippen LogP contribution in [-0.4, -0.2) is 29.9 Å². The number of hydrogen-bond acceptors (Lipinski definition) is 4. The third-order valence-electron chi connectivity index (χ3n) is 6.71. The van der Waals surface area contributed by atoms with Gasteiger partial charge in [0.05, 0.1) is 5.69 Å². The molecule has 1 unspecified atom stereocenters. The Bertz CT molecular complexity index is 993. The molecule has 0 saturated carbocycles. The van der Waals surface area contributed by atoms with Crippen molar-refractivity contribution in [3.63, 3.8) is 0 Å². The highest BCUT2D eigenvalue weighted by Crippen LogP contribution is 2.46. The predicted molar refractivity (Wildman–Crippen MR) is 134 cm³/mol. The molecule has 5 nitrogen and oxygen atoms in total. The zero-order chi connectivity index (χ0) is 22.7. The highest BCUT2D eigenvalue weighted by atomic mass is 32.2. The van der Waals surface area contributed by atoms with Crippen LogP contribution in [0.2, 0.25) is 0 Å². The maximum atomic E-state index is 13.6. The summed E-state index contributed by atoms with van der Waals surface area (Å²) in [4.78, 5) is 16.7. The van der Waals surface area contributed by atoms with Crippen LogP contribution in [0.15, 0.2) is 53.4 Å². The molecule has 2 aromatic rings. The molecule has 4 N–H and O–H groups in total. The second-order valence-electron chi connectivity index (χ2n) is 9.45. The van der Waals surface area contributed by atoms with Crippen molar-refractivity contribution >= 4 is 29.2 Å². The number of anilines is 1. The van der Waals surface area contributed by atoms with Crippen molar-refractivity contribution in [1.29, 1.82) is 5.41 Å². The van der Waals surface area contributed by atoms with Gasteiger partial charge in [-0.1, -0.05) is 36.8 Å². The average molecular weight is 451 g/mol. The van der Waals surface area contributed by atoms with Crippen molar-refractivity contribution in [1.82, 2.24) is 5.32 Å². The minimum Gasteiger partial charge on any atom is -0.384 e. The average Bonchev–Trinajstić information content (AvgIpc) is 2.77. The summed E-state index contributed by atoms with van der Waals surface area (Å²) in [6, 6.07) is 16.3. The van der Waals surface area contributed by atoms with Gasteiger partial charge in [-0.3, -0.25) is 10.2 Å². The number of carbonyl (C=O) groups is 1. The molecule has 0 aromatic heterocycles. The second-order valence-corrected chi connectivity index (χ2v) is 10.6. The molecule has 2 aliphatic rings. The molecule has 0 bridgehead atoms. The highest BCUT2D eigenvalue weighted by molar-refractivity contribution is 8.00. The number of nitrogens with one attached hydrogen (secondary N) is 2. The van der Waals surface area contributed by atoms with Gasteiger partial charge < -0.3 is 16.0 Å². The summed E-state index contributed by atoms with van der Waals surface area (Å²) in [5.74, 6) is 0.140. The largest absolute Gasteiger partial charge is 0.384 e. The Morgan fingerprint density at radius 3 is 2.84 bits per heavy atom. The standard InChI is InChI=1S/C26H34N4OS/c1-18-9-8-15-26(2,29-18)14-5-6-16-30-21-12-3-4-13-22(21)32-23(25(30)31)19-10-7-11-20(17-19)24(27)28/h3-4,7,10-13,17-18,23,29H,5-6,8-9,14-16H2,1-2H3,(H3,27,28)/t18-,23?,26+/m0/s1. The number of para-hydroxylation sites is 1. The van der Waals surface area contributed by atoms with Crippen LogP contribution in [-0.2, 0) is 4.79 Å². The highest BCUT2D eigenvalue weighted by Gasteiger charge is 2.35. The topological polar surface area (TPSA) is 82.2 Å². The summed E-state index contributed by atoms with van der Waals surface area (Å²) in [6.45, 7) is 5.35. The molecule has 6 heteroatoms. The van der Waals surface area contributed by atoms with Crippen molar-refractivity contribution in [3.8, 4) is 0 Å². The van der Waals surface area contributed by atoms with E-state index in [2.05, 4.69) is 25.2 Å². The Morgan fingerprint density at radius 2 is 2.06 bits per heavy atom. The lowest BCUT2D eigenvalue weighted by Gasteiger charge is -2.39. The van der Waals surface area contributed by atoms with Crippen LogP contribution in [0.3, 0.4) is 0 Å². The van der Waals surface area contributed by atoms with E-state index >= 15 is 0 Å². The zero-order valence-electron chi connectivity index (χ0n) is 19.1. The van der Waals surface area contributed by atoms with E-state index in [-0.39, 0.29) is 22.5 Å². The maximum Gasteiger partial charge on any atom is 0.245 e. The number of benzene rings is 2. The Balaban J connectivity index is 1.48. The summed E-state index contributed by atoms with van der Waals surface area (Å²) in [7, 11) is 0. The van der Waals surface area contributed by atoms with Crippen molar-refractivity contribution in [2.45, 2.75) is 74.1 Å². The van der Waals surface area contributed by atoms with E-state index in [4.69, 9.17) is 11.1 Å². The van der Waals surface area contributed by atoms with Crippen LogP contribution in [0.4, 0.5) is 5.69 Å². The van der Waals surface area contributed by atoms with E-state index in [1.54, 1.807) is 11.8 Å². The number of hydrogen-bond donors (Lipinski definition) is 3. The van der Waals surface area contributed by atoms with Gasteiger partial charge in [-0.2, -0.15) is 0 Å². The number of amides is 1. The van der Waals surface area contributed by atoms with E-state index in [1.807, 2.05) is 47.4 Å². The van der Waals surface area contributed by atoms with Gasteiger partial charge in [0, 0.05) is 28.6 Å². The van der Waals surface area contributed by atoms with Crippen molar-refractivity contribution in [2.75, 3.05) is 11.4 Å². The van der Waals surface area contributed by atoms with Crippen molar-refractivity contribution in [3.05, 3.63) is 59.7 Å². The van der Waals surface area contributed by atoms with Crippen LogP contribution in [0.25, 0.3) is 0 Å². The lowest BCUT2D eigenvalue weighted by molar-refractivity contribution is -0.118. The molecule has 2 aliphatic heterocycles. The number of unbranched alkanes of at least 4 members (excludes halogenated alkanes) is 1. The minimum atomic E-state index is -0.317. The molecule has 3 atom stereocenters. The normalized spacial score (nSPS) is 25.4. The monoisotopic (exact) mass is 450 g/mol. The molecule has 32 heavy (non-hydrogen) atoms. The number of piperidine rings is 1. The fourth-order valence-corrected chi connectivity index (χ4v) is 6.27. The second kappa shape index (κ2) is 9.67. The summed E-state index contributed by atoms with van der Waals surface area (Å²) in [5, 5.41) is 11.2. The number of nitrogen functional groups attached to an aromatic ring is 1. The summed E-state index contributed by atoms with van der Waals surface area (Å²) in [6.07, 6.45) is 7.00. The first-order valence-electron chi connectivity index (χ1n) is 11.7. The fraction of sp³-hybridized carbons (Fsp3) is 0.462. The van der Waals surface area contributed by atoms with Gasteiger partial charge in [0.15, 0.2) is 0 Å². The van der Waals surface area contributed by atoms with Gasteiger partial charge in [0.25, 0.3) is 0 Å². The van der Waals surface area contributed by atoms with Crippen LogP contribution in [0.5, 0.6) is 0 Å². The molecular formula is C26H34N4OS. The Labute approximate surface area is 195 Å². The Morgan fingerprint density at radius 1 is 1.25 bits per heavy atom. The lowest BCUT2D eigenvalue weighted by atomic mass is 9.84. The van der Waals surface area contributed by atoms with Gasteiger partial charge in [-0.05, 0) is 69.7 Å². The maximum absolute atomic E-state index is 13.6. The van der Waals surface area contributed by atoms with Gasteiger partial charge in [0.1, 0.15) is 11.1 Å². The van der Waals surface area contributed by atoms with Crippen molar-refractivity contribution in [2.24, 2.45) is 5.73 Å². The molecule has 2 aromatic carbocycles. The number of thioether (sulfide) groups is 1. The van der Waals surface area contributed by atoms with Gasteiger partial charge in [0.2, 0.25) is 5.91 Å². The molecular weight excluding hydrogens is 416 g/mol. The number of rotatable bonds is 7. The van der Waals surface area contributed by atoms with Crippen LogP contribution >= 0.6 is 11.8 Å². The van der Waals surface area contributed by atoms with Gasteiger partial charge in [-0.15, -0.1) is 11.8 Å². The molecule has 4 rings (SSSR count). The molecule has 1 amide bonds. The SMILES string of the molecule is C[C@H]1CCC[C@@](C)(CCCCN2C(=O)C(c3cccc(C(=N)N)c3)Sc3ccccc32)N1. The summed E-state index contributed by atoms with van der Waals surface area (Å²) in [5.41, 5.74) is 8.47. The van der Waals surface area contributed by atoms with Crippen LogP contribution in [0.1, 0.15) is 68.7 Å². The number of fused-ring (bicyclic) bond motifs is 1. The van der Waals surface area contributed by atoms with E-state index in [1.165, 1.54) is 19.3 Å². The number of amidine groups is 1. The lowest BCUT2D eigenvalue weighted by Crippen LogP contribution is -2.50. The van der Waals surface area contributed by atoms with Crippen LogP contribution in [0, 0.1) is 5.41 Å². The summed E-state index contributed by atoms with van der Waals surface area (Å²) >= 11 is 1.59. The van der Waals surface area contributed by atoms with Gasteiger partial charge in [-0.25, -0.2) is 0 Å². The first kappa shape index (κ1) is 22.9. The molecule has 0 radical (unpaired) electrons. The third-order valence-corrected chi connectivity index (χ3v) is 8.02. The molecule has 0 spiro atoms. The molecule has 170 valence electrons. The zero-order valence-corrected chi connectivity index (χ0v) is 19.9. The van der Waals surface area contributed by atoms with E-state index in [0.29, 0.717) is 11.6 Å². The summed E-state index contributed by atoms with van der Waals surface area (Å²) < 4.78 is 0. The minimum absolute atomic E-state index is 0.0245. The first-order valence-corrected chi connectivity index (χ1v) is 12.5. The van der Waals surface area contributed by atoms with E-state index in [9.17, 15) is 4.79 Å². The Hall–Kier alpha value is -2.31. The first-order chi connectivity index (χ1) is 15.4. The fourth-order valence-electron chi connectivity index (χ4n) is 5.05. The van der Waals surface area contributed by atoms with Crippen LogP contribution < -0.4 is 16.0 Å². The molecule has 1 fully saturated rings. The quantitative estimate of drug-likeness (QED) is 0.306. The van der Waals surface area contributed by atoms with E-state index in [0.717, 1.165) is 42.0 Å². The molecule has 0 aliphatic carbocycles. The predicted octanol–water partition coefficient (Wildman–Crippen LogP) is 5.24. The van der Waals surface area contributed by atoms with Gasteiger partial charge >= 0.3 is 0 Å².